The van der Waals surface area contributed by atoms with Crippen molar-refractivity contribution in [1.29, 1.82) is 0 Å². The summed E-state index contributed by atoms with van der Waals surface area (Å²) < 4.78 is 0. The summed E-state index contributed by atoms with van der Waals surface area (Å²) in [5.74, 6) is 0. The zero-order chi connectivity index (χ0) is 10.5. The zero-order valence-corrected chi connectivity index (χ0v) is 8.91. The zero-order valence-electron chi connectivity index (χ0n) is 8.15. The van der Waals surface area contributed by atoms with Gasteiger partial charge in [-0.1, -0.05) is 41.9 Å². The molecule has 3 heteroatoms. The topological polar surface area (TPSA) is 24.9 Å². The van der Waals surface area contributed by atoms with Crippen LogP contribution in [0.1, 0.15) is 5.56 Å². The van der Waals surface area contributed by atoms with Gasteiger partial charge >= 0.3 is 0 Å². The van der Waals surface area contributed by atoms with E-state index in [1.54, 1.807) is 12.3 Å². The summed E-state index contributed by atoms with van der Waals surface area (Å²) in [5, 5.41) is 3.78. The Labute approximate surface area is 93.9 Å². The number of benzene rings is 1. The lowest BCUT2D eigenvalue weighted by molar-refractivity contribution is 1.14. The minimum Gasteiger partial charge on any atom is -0.380 e. The van der Waals surface area contributed by atoms with Crippen LogP contribution in [0, 0.1) is 0 Å². The number of halogens is 1. The minimum atomic E-state index is 0.514. The summed E-state index contributed by atoms with van der Waals surface area (Å²) in [7, 11) is 0. The van der Waals surface area contributed by atoms with Gasteiger partial charge in [0.25, 0.3) is 0 Å². The molecule has 0 aliphatic heterocycles. The summed E-state index contributed by atoms with van der Waals surface area (Å²) in [5.41, 5.74) is 2.22. The molecule has 0 fully saturated rings. The third-order valence-corrected chi connectivity index (χ3v) is 2.29. The fraction of sp³-hybridized carbons (Fsp3) is 0.0833. The van der Waals surface area contributed by atoms with Gasteiger partial charge in [0.1, 0.15) is 5.15 Å². The van der Waals surface area contributed by atoms with Crippen LogP contribution in [0.15, 0.2) is 48.7 Å². The molecule has 2 aromatic rings. The molecule has 0 atom stereocenters. The monoisotopic (exact) mass is 218 g/mol. The standard InChI is InChI=1S/C12H11ClN2/c13-12-7-6-11(9-15-12)14-8-10-4-2-1-3-5-10/h1-7,9,14H,8H2. The molecule has 1 aromatic carbocycles. The van der Waals surface area contributed by atoms with E-state index in [9.17, 15) is 0 Å². The highest BCUT2D eigenvalue weighted by atomic mass is 35.5. The van der Waals surface area contributed by atoms with Gasteiger partial charge in [-0.05, 0) is 17.7 Å². The van der Waals surface area contributed by atoms with Crippen LogP contribution in [-0.2, 0) is 6.54 Å². The van der Waals surface area contributed by atoms with Crippen molar-refractivity contribution in [2.24, 2.45) is 0 Å². The average Bonchev–Trinajstić information content (AvgIpc) is 2.30. The Balaban J connectivity index is 1.96. The summed E-state index contributed by atoms with van der Waals surface area (Å²) in [6, 6.07) is 13.9. The molecule has 0 bridgehead atoms. The van der Waals surface area contributed by atoms with Crippen molar-refractivity contribution in [3.63, 3.8) is 0 Å². The van der Waals surface area contributed by atoms with Crippen molar-refractivity contribution in [2.75, 3.05) is 5.32 Å². The number of nitrogens with zero attached hydrogens (tertiary/aromatic N) is 1. The predicted octanol–water partition coefficient (Wildman–Crippen LogP) is 3.35. The van der Waals surface area contributed by atoms with Crippen molar-refractivity contribution in [3.05, 3.63) is 59.4 Å². The van der Waals surface area contributed by atoms with Gasteiger partial charge in [0, 0.05) is 6.54 Å². The van der Waals surface area contributed by atoms with Crippen LogP contribution in [0.25, 0.3) is 0 Å². The lowest BCUT2D eigenvalue weighted by Gasteiger charge is -2.05. The molecular formula is C12H11ClN2. The number of hydrogen-bond donors (Lipinski definition) is 1. The van der Waals surface area contributed by atoms with Gasteiger partial charge in [-0.3, -0.25) is 0 Å². The second-order valence-corrected chi connectivity index (χ2v) is 3.60. The Kier molecular flexibility index (Phi) is 3.20. The fourth-order valence-electron chi connectivity index (χ4n) is 1.28. The van der Waals surface area contributed by atoms with Crippen molar-refractivity contribution >= 4 is 17.3 Å². The van der Waals surface area contributed by atoms with Gasteiger partial charge in [0.15, 0.2) is 0 Å². The van der Waals surface area contributed by atoms with Gasteiger partial charge in [0.05, 0.1) is 11.9 Å². The van der Waals surface area contributed by atoms with Crippen LogP contribution in [0.4, 0.5) is 5.69 Å². The van der Waals surface area contributed by atoms with Gasteiger partial charge in [-0.2, -0.15) is 0 Å². The number of rotatable bonds is 3. The SMILES string of the molecule is Clc1ccc(NCc2ccccc2)cn1. The first-order chi connectivity index (χ1) is 7.34. The molecule has 0 amide bonds. The summed E-state index contributed by atoms with van der Waals surface area (Å²) in [6.45, 7) is 0.796. The maximum atomic E-state index is 5.69. The Hall–Kier alpha value is -1.54. The summed E-state index contributed by atoms with van der Waals surface area (Å²) >= 11 is 5.69. The molecule has 0 aliphatic rings. The highest BCUT2D eigenvalue weighted by Gasteiger charge is 1.93. The second-order valence-electron chi connectivity index (χ2n) is 3.21. The fourth-order valence-corrected chi connectivity index (χ4v) is 1.39. The molecule has 0 saturated heterocycles. The van der Waals surface area contributed by atoms with E-state index in [2.05, 4.69) is 22.4 Å². The molecule has 0 unspecified atom stereocenters. The normalized spacial score (nSPS) is 9.93. The lowest BCUT2D eigenvalue weighted by Crippen LogP contribution is -1.99. The molecule has 15 heavy (non-hydrogen) atoms. The third-order valence-electron chi connectivity index (χ3n) is 2.07. The minimum absolute atomic E-state index is 0.514. The molecule has 1 aromatic heterocycles. The first-order valence-electron chi connectivity index (χ1n) is 4.74. The van der Waals surface area contributed by atoms with E-state index in [-0.39, 0.29) is 0 Å². The number of pyridine rings is 1. The predicted molar refractivity (Wildman–Crippen MR) is 63.0 cm³/mol. The smallest absolute Gasteiger partial charge is 0.129 e. The summed E-state index contributed by atoms with van der Waals surface area (Å²) in [4.78, 5) is 3.99. The number of aromatic nitrogens is 1. The molecule has 1 N–H and O–H groups in total. The molecule has 76 valence electrons. The van der Waals surface area contributed by atoms with Crippen molar-refractivity contribution in [2.45, 2.75) is 6.54 Å². The van der Waals surface area contributed by atoms with Crippen LogP contribution in [0.5, 0.6) is 0 Å². The molecule has 1 heterocycles. The maximum absolute atomic E-state index is 5.69. The van der Waals surface area contributed by atoms with Crippen LogP contribution in [0.2, 0.25) is 5.15 Å². The van der Waals surface area contributed by atoms with Gasteiger partial charge in [-0.15, -0.1) is 0 Å². The lowest BCUT2D eigenvalue weighted by atomic mass is 10.2. The Bertz CT molecular complexity index is 411. The maximum Gasteiger partial charge on any atom is 0.129 e. The van der Waals surface area contributed by atoms with Crippen LogP contribution < -0.4 is 5.32 Å². The van der Waals surface area contributed by atoms with Crippen molar-refractivity contribution in [3.8, 4) is 0 Å². The summed E-state index contributed by atoms with van der Waals surface area (Å²) in [6.07, 6.45) is 1.73. The van der Waals surface area contributed by atoms with Crippen LogP contribution in [-0.4, -0.2) is 4.98 Å². The largest absolute Gasteiger partial charge is 0.380 e. The van der Waals surface area contributed by atoms with E-state index in [0.29, 0.717) is 5.15 Å². The number of nitrogens with one attached hydrogen (secondary N) is 1. The first-order valence-corrected chi connectivity index (χ1v) is 5.12. The molecule has 0 aliphatic carbocycles. The van der Waals surface area contributed by atoms with E-state index in [0.717, 1.165) is 12.2 Å². The Morgan fingerprint density at radius 3 is 2.53 bits per heavy atom. The molecule has 0 spiro atoms. The van der Waals surface area contributed by atoms with Crippen molar-refractivity contribution in [1.82, 2.24) is 4.98 Å². The Morgan fingerprint density at radius 1 is 1.07 bits per heavy atom. The van der Waals surface area contributed by atoms with E-state index >= 15 is 0 Å². The molecule has 2 nitrogen and oxygen atoms in total. The molecular weight excluding hydrogens is 208 g/mol. The van der Waals surface area contributed by atoms with Crippen LogP contribution >= 0.6 is 11.6 Å². The van der Waals surface area contributed by atoms with Crippen molar-refractivity contribution < 1.29 is 0 Å². The van der Waals surface area contributed by atoms with Gasteiger partial charge in [-0.25, -0.2) is 4.98 Å². The molecule has 0 radical (unpaired) electrons. The van der Waals surface area contributed by atoms with E-state index in [4.69, 9.17) is 11.6 Å². The third kappa shape index (κ3) is 2.96. The van der Waals surface area contributed by atoms with Crippen LogP contribution in [0.3, 0.4) is 0 Å². The van der Waals surface area contributed by atoms with E-state index < -0.39 is 0 Å². The quantitative estimate of drug-likeness (QED) is 0.800. The highest BCUT2D eigenvalue weighted by Crippen LogP contribution is 2.10. The van der Waals surface area contributed by atoms with E-state index in [1.165, 1.54) is 5.56 Å². The second kappa shape index (κ2) is 4.80. The first kappa shape index (κ1) is 9.99. The molecule has 0 saturated carbocycles. The Morgan fingerprint density at radius 2 is 1.87 bits per heavy atom. The van der Waals surface area contributed by atoms with E-state index in [1.807, 2.05) is 24.3 Å². The highest BCUT2D eigenvalue weighted by molar-refractivity contribution is 6.29. The van der Waals surface area contributed by atoms with Gasteiger partial charge < -0.3 is 5.32 Å². The molecule has 2 rings (SSSR count). The number of anilines is 1. The number of hydrogen-bond acceptors (Lipinski definition) is 2. The average molecular weight is 219 g/mol. The van der Waals surface area contributed by atoms with Gasteiger partial charge in [0.2, 0.25) is 0 Å².